The molecule has 1 aliphatic rings. The molecule has 6 heteroatoms. The van der Waals surface area contributed by atoms with E-state index < -0.39 is 0 Å². The number of aromatic nitrogens is 1. The number of rotatable bonds is 4. The molecule has 0 aromatic carbocycles. The molecule has 3 rings (SSSR count). The Morgan fingerprint density at radius 3 is 2.76 bits per heavy atom. The van der Waals surface area contributed by atoms with Gasteiger partial charge >= 0.3 is 0 Å². The lowest BCUT2D eigenvalue weighted by Crippen LogP contribution is -2.15. The van der Waals surface area contributed by atoms with E-state index in [2.05, 4.69) is 15.6 Å². The highest BCUT2D eigenvalue weighted by molar-refractivity contribution is 6.02. The van der Waals surface area contributed by atoms with Crippen LogP contribution in [0.5, 0.6) is 0 Å². The lowest BCUT2D eigenvalue weighted by Gasteiger charge is -2.09. The molecule has 0 bridgehead atoms. The van der Waals surface area contributed by atoms with E-state index >= 15 is 0 Å². The van der Waals surface area contributed by atoms with Crippen molar-refractivity contribution in [3.05, 3.63) is 42.0 Å². The largest absolute Gasteiger partial charge is 0.459 e. The second kappa shape index (κ2) is 5.40. The molecule has 0 spiro atoms. The number of hydrogen-bond acceptors (Lipinski definition) is 4. The van der Waals surface area contributed by atoms with Crippen molar-refractivity contribution in [1.82, 2.24) is 4.98 Å². The van der Waals surface area contributed by atoms with Crippen LogP contribution in [0, 0.1) is 12.8 Å². The number of carbonyl (C=O) groups excluding carboxylic acids is 2. The van der Waals surface area contributed by atoms with Crippen LogP contribution in [0.3, 0.4) is 0 Å². The number of hydrogen-bond donors (Lipinski definition) is 2. The van der Waals surface area contributed by atoms with Gasteiger partial charge in [-0.05, 0) is 43.5 Å². The summed E-state index contributed by atoms with van der Waals surface area (Å²) in [6.45, 7) is 1.84. The molecule has 2 aromatic heterocycles. The van der Waals surface area contributed by atoms with Gasteiger partial charge < -0.3 is 15.1 Å². The number of amides is 2. The topological polar surface area (TPSA) is 84.2 Å². The van der Waals surface area contributed by atoms with Gasteiger partial charge in [-0.15, -0.1) is 0 Å². The van der Waals surface area contributed by atoms with Crippen LogP contribution >= 0.6 is 0 Å². The first-order chi connectivity index (χ1) is 10.1. The van der Waals surface area contributed by atoms with Crippen molar-refractivity contribution in [2.24, 2.45) is 5.92 Å². The fourth-order valence-electron chi connectivity index (χ4n) is 1.92. The van der Waals surface area contributed by atoms with Gasteiger partial charge in [0.05, 0.1) is 18.1 Å². The van der Waals surface area contributed by atoms with E-state index in [1.807, 2.05) is 6.92 Å². The summed E-state index contributed by atoms with van der Waals surface area (Å²) in [4.78, 5) is 27.7. The standard InChI is InChI=1S/C15H15N3O3/c1-9-7-13(18-14(19)10-4-5-10)16-8-11(9)17-15(20)12-3-2-6-21-12/h2-3,6-8,10H,4-5H2,1H3,(H,17,20)(H,16,18,19). The average molecular weight is 285 g/mol. The van der Waals surface area contributed by atoms with E-state index in [1.54, 1.807) is 18.2 Å². The van der Waals surface area contributed by atoms with Crippen molar-refractivity contribution in [3.8, 4) is 0 Å². The molecule has 0 radical (unpaired) electrons. The van der Waals surface area contributed by atoms with Crippen LogP contribution in [0.15, 0.2) is 35.1 Å². The third-order valence-corrected chi connectivity index (χ3v) is 3.30. The van der Waals surface area contributed by atoms with Gasteiger partial charge in [0.1, 0.15) is 5.82 Å². The summed E-state index contributed by atoms with van der Waals surface area (Å²) >= 11 is 0. The third-order valence-electron chi connectivity index (χ3n) is 3.30. The van der Waals surface area contributed by atoms with Crippen LogP contribution in [-0.4, -0.2) is 16.8 Å². The van der Waals surface area contributed by atoms with E-state index in [0.717, 1.165) is 18.4 Å². The SMILES string of the molecule is Cc1cc(NC(=O)C2CC2)ncc1NC(=O)c1ccco1. The monoisotopic (exact) mass is 285 g/mol. The van der Waals surface area contributed by atoms with Crippen molar-refractivity contribution < 1.29 is 14.0 Å². The minimum absolute atomic E-state index is 0.00858. The molecule has 0 unspecified atom stereocenters. The van der Waals surface area contributed by atoms with E-state index in [0.29, 0.717) is 11.5 Å². The molecule has 1 aliphatic carbocycles. The highest BCUT2D eigenvalue weighted by Gasteiger charge is 2.29. The van der Waals surface area contributed by atoms with Gasteiger partial charge in [-0.1, -0.05) is 0 Å². The van der Waals surface area contributed by atoms with Crippen molar-refractivity contribution in [1.29, 1.82) is 0 Å². The van der Waals surface area contributed by atoms with Gasteiger partial charge in [0.2, 0.25) is 5.91 Å². The summed E-state index contributed by atoms with van der Waals surface area (Å²) in [6, 6.07) is 4.97. The van der Waals surface area contributed by atoms with Gasteiger partial charge in [-0.2, -0.15) is 0 Å². The molecule has 108 valence electrons. The van der Waals surface area contributed by atoms with Crippen LogP contribution < -0.4 is 10.6 Å². The Hall–Kier alpha value is -2.63. The fraction of sp³-hybridized carbons (Fsp3) is 0.267. The fourth-order valence-corrected chi connectivity index (χ4v) is 1.92. The molecule has 1 fully saturated rings. The van der Waals surface area contributed by atoms with Gasteiger partial charge in [0.15, 0.2) is 5.76 Å². The smallest absolute Gasteiger partial charge is 0.291 e. The first kappa shape index (κ1) is 13.4. The van der Waals surface area contributed by atoms with Crippen molar-refractivity contribution >= 4 is 23.3 Å². The predicted molar refractivity (Wildman–Crippen MR) is 77.0 cm³/mol. The van der Waals surface area contributed by atoms with Gasteiger partial charge in [-0.25, -0.2) is 4.98 Å². The molecule has 0 atom stereocenters. The molecule has 21 heavy (non-hydrogen) atoms. The first-order valence-corrected chi connectivity index (χ1v) is 6.76. The molecule has 0 aliphatic heterocycles. The Kier molecular flexibility index (Phi) is 3.43. The number of nitrogens with zero attached hydrogens (tertiary/aromatic N) is 1. The maximum atomic E-state index is 11.9. The highest BCUT2D eigenvalue weighted by atomic mass is 16.3. The summed E-state index contributed by atoms with van der Waals surface area (Å²) < 4.78 is 5.03. The Bertz CT molecular complexity index is 675. The molecule has 1 saturated carbocycles. The number of carbonyl (C=O) groups is 2. The normalized spacial score (nSPS) is 13.8. The van der Waals surface area contributed by atoms with Crippen molar-refractivity contribution in [2.75, 3.05) is 10.6 Å². The zero-order valence-corrected chi connectivity index (χ0v) is 11.6. The minimum Gasteiger partial charge on any atom is -0.459 e. The lowest BCUT2D eigenvalue weighted by molar-refractivity contribution is -0.117. The third kappa shape index (κ3) is 3.10. The summed E-state index contributed by atoms with van der Waals surface area (Å²) in [5.41, 5.74) is 1.40. The predicted octanol–water partition coefficient (Wildman–Crippen LogP) is 2.58. The highest BCUT2D eigenvalue weighted by Crippen LogP contribution is 2.30. The molecule has 6 nitrogen and oxygen atoms in total. The van der Waals surface area contributed by atoms with Gasteiger partial charge in [-0.3, -0.25) is 9.59 Å². The van der Waals surface area contributed by atoms with Crippen LogP contribution in [0.1, 0.15) is 29.0 Å². The molecule has 2 amide bonds. The number of aryl methyl sites for hydroxylation is 1. The van der Waals surface area contributed by atoms with E-state index in [1.165, 1.54) is 12.5 Å². The average Bonchev–Trinajstić information content (AvgIpc) is 3.17. The molecule has 0 saturated heterocycles. The number of nitrogens with one attached hydrogen (secondary N) is 2. The second-order valence-corrected chi connectivity index (χ2v) is 5.08. The summed E-state index contributed by atoms with van der Waals surface area (Å²) in [7, 11) is 0. The van der Waals surface area contributed by atoms with Crippen LogP contribution in [0.2, 0.25) is 0 Å². The first-order valence-electron chi connectivity index (χ1n) is 6.76. The second-order valence-electron chi connectivity index (χ2n) is 5.08. The maximum Gasteiger partial charge on any atom is 0.291 e. The Morgan fingerprint density at radius 1 is 1.33 bits per heavy atom. The molecule has 2 heterocycles. The van der Waals surface area contributed by atoms with Crippen LogP contribution in [0.4, 0.5) is 11.5 Å². The number of furan rings is 1. The summed E-state index contributed by atoms with van der Waals surface area (Å²) in [5.74, 6) is 0.542. The zero-order valence-electron chi connectivity index (χ0n) is 11.6. The quantitative estimate of drug-likeness (QED) is 0.904. The Morgan fingerprint density at radius 2 is 2.14 bits per heavy atom. The maximum absolute atomic E-state index is 11.9. The number of anilines is 2. The van der Waals surface area contributed by atoms with E-state index in [4.69, 9.17) is 4.42 Å². The molecule has 2 aromatic rings. The van der Waals surface area contributed by atoms with E-state index in [-0.39, 0.29) is 23.5 Å². The van der Waals surface area contributed by atoms with Crippen LogP contribution in [-0.2, 0) is 4.79 Å². The zero-order chi connectivity index (χ0) is 14.8. The minimum atomic E-state index is -0.334. The number of pyridine rings is 1. The lowest BCUT2D eigenvalue weighted by atomic mass is 10.2. The molecular weight excluding hydrogens is 270 g/mol. The van der Waals surface area contributed by atoms with Crippen LogP contribution in [0.25, 0.3) is 0 Å². The Labute approximate surface area is 121 Å². The van der Waals surface area contributed by atoms with Gasteiger partial charge in [0.25, 0.3) is 5.91 Å². The van der Waals surface area contributed by atoms with Gasteiger partial charge in [0, 0.05) is 5.92 Å². The summed E-state index contributed by atoms with van der Waals surface area (Å²) in [5, 5.41) is 5.49. The summed E-state index contributed by atoms with van der Waals surface area (Å²) in [6.07, 6.45) is 4.86. The Balaban J connectivity index is 1.69. The van der Waals surface area contributed by atoms with Crippen molar-refractivity contribution in [3.63, 3.8) is 0 Å². The molecular formula is C15H15N3O3. The van der Waals surface area contributed by atoms with E-state index in [9.17, 15) is 9.59 Å². The van der Waals surface area contributed by atoms with Crippen molar-refractivity contribution in [2.45, 2.75) is 19.8 Å². The molecule has 2 N–H and O–H groups in total.